The second-order valence-corrected chi connectivity index (χ2v) is 6.89. The molecule has 1 saturated heterocycles. The smallest absolute Gasteiger partial charge is 0.257 e. The number of methoxy groups -OCH3 is 1. The summed E-state index contributed by atoms with van der Waals surface area (Å²) in [5.41, 5.74) is 8.68. The molecule has 2 bridgehead atoms. The minimum atomic E-state index is 0.0583. The van der Waals surface area contributed by atoms with Gasteiger partial charge in [-0.1, -0.05) is 18.6 Å². The van der Waals surface area contributed by atoms with Gasteiger partial charge in [0.1, 0.15) is 5.75 Å². The maximum Gasteiger partial charge on any atom is 0.257 e. The van der Waals surface area contributed by atoms with Gasteiger partial charge in [-0.3, -0.25) is 4.79 Å². The number of nitrogen functional groups attached to an aromatic ring is 1. The first-order chi connectivity index (χ1) is 10.5. The van der Waals surface area contributed by atoms with Crippen LogP contribution in [0.1, 0.15) is 43.5 Å². The van der Waals surface area contributed by atoms with Crippen LogP contribution in [-0.2, 0) is 0 Å². The standard InChI is InChI=1S/C18H24N2O2/c1-4-12-7-14-10-18(2,9-12)11-20(14)17(21)15-6-5-13(19)8-16(15)22-3/h4-6,8,14H,7,9-11,19H2,1-3H3/b12-4-. The fourth-order valence-corrected chi connectivity index (χ4v) is 4.01. The average molecular weight is 300 g/mol. The van der Waals surface area contributed by atoms with Crippen LogP contribution in [0.2, 0.25) is 0 Å². The van der Waals surface area contributed by atoms with E-state index in [0.717, 1.165) is 25.8 Å². The highest BCUT2D eigenvalue weighted by atomic mass is 16.5. The van der Waals surface area contributed by atoms with E-state index in [-0.39, 0.29) is 11.3 Å². The molecule has 1 saturated carbocycles. The van der Waals surface area contributed by atoms with Crippen LogP contribution in [0.3, 0.4) is 0 Å². The van der Waals surface area contributed by atoms with Gasteiger partial charge in [0.25, 0.3) is 5.91 Å². The van der Waals surface area contributed by atoms with E-state index in [1.54, 1.807) is 25.3 Å². The molecule has 1 amide bonds. The average Bonchev–Trinajstić information content (AvgIpc) is 2.75. The van der Waals surface area contributed by atoms with Gasteiger partial charge in [-0.25, -0.2) is 0 Å². The summed E-state index contributed by atoms with van der Waals surface area (Å²) < 4.78 is 5.35. The van der Waals surface area contributed by atoms with Gasteiger partial charge >= 0.3 is 0 Å². The normalized spacial score (nSPS) is 29.0. The summed E-state index contributed by atoms with van der Waals surface area (Å²) in [6, 6.07) is 5.56. The number of carbonyl (C=O) groups excluding carboxylic acids is 1. The number of ether oxygens (including phenoxy) is 1. The molecule has 2 fully saturated rings. The lowest BCUT2D eigenvalue weighted by atomic mass is 9.75. The van der Waals surface area contributed by atoms with Crippen molar-refractivity contribution in [1.29, 1.82) is 0 Å². The van der Waals surface area contributed by atoms with Crippen molar-refractivity contribution in [1.82, 2.24) is 4.90 Å². The van der Waals surface area contributed by atoms with Crippen molar-refractivity contribution in [3.05, 3.63) is 35.4 Å². The molecule has 0 aromatic heterocycles. The van der Waals surface area contributed by atoms with Crippen molar-refractivity contribution in [3.63, 3.8) is 0 Å². The number of hydrogen-bond donors (Lipinski definition) is 1. The zero-order valence-electron chi connectivity index (χ0n) is 13.6. The second kappa shape index (κ2) is 5.34. The van der Waals surface area contributed by atoms with Crippen molar-refractivity contribution >= 4 is 11.6 Å². The predicted molar refractivity (Wildman–Crippen MR) is 87.9 cm³/mol. The van der Waals surface area contributed by atoms with Gasteiger partial charge in [-0.2, -0.15) is 0 Å². The Hall–Kier alpha value is -1.97. The van der Waals surface area contributed by atoms with Gasteiger partial charge in [0, 0.05) is 24.3 Å². The van der Waals surface area contributed by atoms with Gasteiger partial charge in [-0.15, -0.1) is 0 Å². The van der Waals surface area contributed by atoms with Gasteiger partial charge in [0.15, 0.2) is 0 Å². The van der Waals surface area contributed by atoms with Crippen molar-refractivity contribution < 1.29 is 9.53 Å². The number of amides is 1. The summed E-state index contributed by atoms with van der Waals surface area (Å²) in [6.07, 6.45) is 5.40. The molecular weight excluding hydrogens is 276 g/mol. The summed E-state index contributed by atoms with van der Waals surface area (Å²) in [5.74, 6) is 0.616. The topological polar surface area (TPSA) is 55.6 Å². The Kier molecular flexibility index (Phi) is 3.63. The quantitative estimate of drug-likeness (QED) is 0.674. The molecule has 1 heterocycles. The van der Waals surface area contributed by atoms with E-state index in [2.05, 4.69) is 19.9 Å². The number of hydrogen-bond acceptors (Lipinski definition) is 3. The van der Waals surface area contributed by atoms with E-state index in [9.17, 15) is 4.79 Å². The Morgan fingerprint density at radius 3 is 2.95 bits per heavy atom. The molecule has 118 valence electrons. The molecule has 1 aromatic carbocycles. The van der Waals surface area contributed by atoms with Crippen LogP contribution < -0.4 is 10.5 Å². The van der Waals surface area contributed by atoms with Crippen molar-refractivity contribution in [2.75, 3.05) is 19.4 Å². The van der Waals surface area contributed by atoms with Crippen LogP contribution >= 0.6 is 0 Å². The van der Waals surface area contributed by atoms with Gasteiger partial charge in [0.2, 0.25) is 0 Å². The molecule has 3 rings (SSSR count). The molecule has 4 heteroatoms. The second-order valence-electron chi connectivity index (χ2n) is 6.89. The highest BCUT2D eigenvalue weighted by Gasteiger charge is 2.47. The molecule has 4 nitrogen and oxygen atoms in total. The minimum absolute atomic E-state index is 0.0583. The molecule has 1 aliphatic carbocycles. The van der Waals surface area contributed by atoms with Crippen LogP contribution in [0.4, 0.5) is 5.69 Å². The van der Waals surface area contributed by atoms with Crippen molar-refractivity contribution in [2.24, 2.45) is 5.41 Å². The van der Waals surface area contributed by atoms with Gasteiger partial charge in [0.05, 0.1) is 12.7 Å². The monoisotopic (exact) mass is 300 g/mol. The maximum atomic E-state index is 13.0. The summed E-state index contributed by atoms with van der Waals surface area (Å²) in [6.45, 7) is 5.20. The highest BCUT2D eigenvalue weighted by Crippen LogP contribution is 2.47. The molecule has 22 heavy (non-hydrogen) atoms. The first-order valence-electron chi connectivity index (χ1n) is 7.84. The third-order valence-corrected chi connectivity index (χ3v) is 5.00. The third-order valence-electron chi connectivity index (χ3n) is 5.00. The largest absolute Gasteiger partial charge is 0.496 e. The minimum Gasteiger partial charge on any atom is -0.496 e. The Balaban J connectivity index is 1.91. The predicted octanol–water partition coefficient (Wildman–Crippen LogP) is 3.24. The zero-order valence-corrected chi connectivity index (χ0v) is 13.6. The molecule has 0 radical (unpaired) electrons. The number of benzene rings is 1. The summed E-state index contributed by atoms with van der Waals surface area (Å²) in [4.78, 5) is 15.0. The lowest BCUT2D eigenvalue weighted by molar-refractivity contribution is 0.0729. The van der Waals surface area contributed by atoms with E-state index in [1.165, 1.54) is 5.57 Å². The fourth-order valence-electron chi connectivity index (χ4n) is 4.01. The number of fused-ring (bicyclic) bond motifs is 2. The Morgan fingerprint density at radius 1 is 1.50 bits per heavy atom. The van der Waals surface area contributed by atoms with E-state index >= 15 is 0 Å². The molecular formula is C18H24N2O2. The third kappa shape index (κ3) is 2.47. The molecule has 1 aromatic rings. The number of anilines is 1. The fraction of sp³-hybridized carbons (Fsp3) is 0.500. The number of nitrogens with two attached hydrogens (primary N) is 1. The first-order valence-corrected chi connectivity index (χ1v) is 7.84. The van der Waals surface area contributed by atoms with E-state index in [0.29, 0.717) is 23.0 Å². The van der Waals surface area contributed by atoms with Crippen molar-refractivity contribution in [2.45, 2.75) is 39.2 Å². The van der Waals surface area contributed by atoms with Crippen LogP contribution in [0.15, 0.2) is 29.8 Å². The molecule has 2 atom stereocenters. The molecule has 2 unspecified atom stereocenters. The molecule has 0 spiro atoms. The lowest BCUT2D eigenvalue weighted by Gasteiger charge is -2.29. The SMILES string of the molecule is C/C=C1/CC2CC(C)(C1)CN2C(=O)c1ccc(N)cc1OC. The van der Waals surface area contributed by atoms with Crippen molar-refractivity contribution in [3.8, 4) is 5.75 Å². The Morgan fingerprint density at radius 2 is 2.27 bits per heavy atom. The number of rotatable bonds is 2. The summed E-state index contributed by atoms with van der Waals surface area (Å²) in [7, 11) is 1.58. The number of nitrogens with zero attached hydrogens (tertiary/aromatic N) is 1. The summed E-state index contributed by atoms with van der Waals surface area (Å²) in [5, 5.41) is 0. The lowest BCUT2D eigenvalue weighted by Crippen LogP contribution is -2.35. The molecule has 1 aliphatic heterocycles. The molecule has 2 aliphatic rings. The summed E-state index contributed by atoms with van der Waals surface area (Å²) >= 11 is 0. The number of allylic oxidation sites excluding steroid dienone is 1. The zero-order chi connectivity index (χ0) is 15.9. The van der Waals surface area contributed by atoms with Crippen LogP contribution in [-0.4, -0.2) is 30.5 Å². The first kappa shape index (κ1) is 14.9. The Labute approximate surface area is 131 Å². The van der Waals surface area contributed by atoms with E-state index in [1.807, 2.05) is 4.90 Å². The van der Waals surface area contributed by atoms with Crippen LogP contribution in [0.25, 0.3) is 0 Å². The highest BCUT2D eigenvalue weighted by molar-refractivity contribution is 5.98. The number of carbonyl (C=O) groups is 1. The Bertz CT molecular complexity index is 638. The number of likely N-dealkylation sites (tertiary alicyclic amines) is 1. The maximum absolute atomic E-state index is 13.0. The van der Waals surface area contributed by atoms with Crippen LogP contribution in [0, 0.1) is 5.41 Å². The van der Waals surface area contributed by atoms with E-state index < -0.39 is 0 Å². The van der Waals surface area contributed by atoms with Gasteiger partial charge in [-0.05, 0) is 43.7 Å². The molecule has 2 N–H and O–H groups in total. The van der Waals surface area contributed by atoms with E-state index in [4.69, 9.17) is 10.5 Å². The van der Waals surface area contributed by atoms with Crippen LogP contribution in [0.5, 0.6) is 5.75 Å². The van der Waals surface area contributed by atoms with Gasteiger partial charge < -0.3 is 15.4 Å².